The zero-order valence-electron chi connectivity index (χ0n) is 14.5. The number of aromatic nitrogens is 1. The molecule has 0 unspecified atom stereocenters. The van der Waals surface area contributed by atoms with Crippen LogP contribution < -0.4 is 10.6 Å². The second kappa shape index (κ2) is 7.64. The Labute approximate surface area is 154 Å². The number of nitrogens with two attached hydrogens (primary N) is 1. The normalized spacial score (nSPS) is 15.8. The van der Waals surface area contributed by atoms with Crippen LogP contribution in [-0.4, -0.2) is 23.9 Å². The van der Waals surface area contributed by atoms with Crippen LogP contribution in [0.2, 0.25) is 0 Å². The Balaban J connectivity index is 1.73. The van der Waals surface area contributed by atoms with E-state index in [0.717, 1.165) is 6.07 Å². The van der Waals surface area contributed by atoms with Gasteiger partial charge in [0.2, 0.25) is 0 Å². The molecular formula is C19H19F4N3O. The molecule has 0 aliphatic carbocycles. The lowest BCUT2D eigenvalue weighted by Crippen LogP contribution is -2.38. The fraction of sp³-hybridized carbons (Fsp3) is 0.368. The topological polar surface area (TPSA) is 59.2 Å². The number of Topliss-reactive ketones (excluding diaryl/α,β-unsaturated/α-hetero) is 1. The fourth-order valence-electron chi connectivity index (χ4n) is 3.27. The number of rotatable bonds is 4. The van der Waals surface area contributed by atoms with Gasteiger partial charge in [0.05, 0.1) is 0 Å². The highest BCUT2D eigenvalue weighted by molar-refractivity contribution is 5.98. The van der Waals surface area contributed by atoms with Crippen LogP contribution in [0.15, 0.2) is 36.4 Å². The zero-order valence-corrected chi connectivity index (χ0v) is 14.5. The molecule has 0 atom stereocenters. The van der Waals surface area contributed by atoms with E-state index in [0.29, 0.717) is 37.1 Å². The zero-order chi connectivity index (χ0) is 19.6. The molecule has 0 saturated carbocycles. The Bertz CT molecular complexity index is 813. The number of carbonyl (C=O) groups is 1. The van der Waals surface area contributed by atoms with Crippen LogP contribution in [0.25, 0.3) is 0 Å². The number of pyridine rings is 1. The van der Waals surface area contributed by atoms with Crippen molar-refractivity contribution in [3.8, 4) is 0 Å². The van der Waals surface area contributed by atoms with Crippen LogP contribution in [0.4, 0.5) is 23.4 Å². The minimum Gasteiger partial charge on any atom is -0.356 e. The van der Waals surface area contributed by atoms with Gasteiger partial charge in [-0.1, -0.05) is 6.07 Å². The van der Waals surface area contributed by atoms with Gasteiger partial charge in [0.1, 0.15) is 17.3 Å². The van der Waals surface area contributed by atoms with E-state index >= 15 is 0 Å². The van der Waals surface area contributed by atoms with Crippen LogP contribution in [-0.2, 0) is 12.7 Å². The Morgan fingerprint density at radius 2 is 1.74 bits per heavy atom. The number of anilines is 1. The Kier molecular flexibility index (Phi) is 5.46. The van der Waals surface area contributed by atoms with Gasteiger partial charge in [0.25, 0.3) is 0 Å². The third kappa shape index (κ3) is 4.27. The van der Waals surface area contributed by atoms with E-state index in [1.54, 1.807) is 4.90 Å². The van der Waals surface area contributed by atoms with Crippen molar-refractivity contribution in [1.82, 2.24) is 4.98 Å². The number of piperidine rings is 1. The summed E-state index contributed by atoms with van der Waals surface area (Å²) in [5, 5.41) is 0. The molecule has 144 valence electrons. The first-order chi connectivity index (χ1) is 12.8. The molecule has 1 aliphatic rings. The van der Waals surface area contributed by atoms with Crippen LogP contribution in [0, 0.1) is 11.7 Å². The van der Waals surface area contributed by atoms with E-state index < -0.39 is 17.7 Å². The lowest BCUT2D eigenvalue weighted by atomic mass is 9.88. The van der Waals surface area contributed by atoms with E-state index in [2.05, 4.69) is 4.98 Å². The second-order valence-corrected chi connectivity index (χ2v) is 6.51. The number of carbonyl (C=O) groups excluding carboxylic acids is 1. The third-order valence-corrected chi connectivity index (χ3v) is 4.76. The first-order valence-electron chi connectivity index (χ1n) is 8.61. The molecule has 1 fully saturated rings. The number of benzene rings is 1. The predicted octanol–water partition coefficient (Wildman–Crippen LogP) is 3.80. The third-order valence-electron chi connectivity index (χ3n) is 4.76. The largest absolute Gasteiger partial charge is 0.433 e. The summed E-state index contributed by atoms with van der Waals surface area (Å²) in [7, 11) is 0. The average Bonchev–Trinajstić information content (AvgIpc) is 2.67. The van der Waals surface area contributed by atoms with E-state index in [1.165, 1.54) is 30.3 Å². The molecule has 0 spiro atoms. The quantitative estimate of drug-likeness (QED) is 0.647. The van der Waals surface area contributed by atoms with Gasteiger partial charge in [0.15, 0.2) is 5.78 Å². The number of nitrogens with zero attached hydrogens (tertiary/aromatic N) is 2. The number of halogens is 4. The maximum absolute atomic E-state index is 13.0. The SMILES string of the molecule is NCc1ccc(C(F)(F)F)nc1N1CCC(C(=O)c2ccc(F)cc2)CC1. The summed E-state index contributed by atoms with van der Waals surface area (Å²) in [5.41, 5.74) is 5.66. The first kappa shape index (κ1) is 19.3. The van der Waals surface area contributed by atoms with Gasteiger partial charge in [-0.2, -0.15) is 13.2 Å². The van der Waals surface area contributed by atoms with Gasteiger partial charge in [-0.05, 0) is 43.2 Å². The van der Waals surface area contributed by atoms with Crippen LogP contribution in [0.3, 0.4) is 0 Å². The van der Waals surface area contributed by atoms with Gasteiger partial charge < -0.3 is 10.6 Å². The molecule has 27 heavy (non-hydrogen) atoms. The summed E-state index contributed by atoms with van der Waals surface area (Å²) in [5.74, 6) is -0.518. The molecule has 8 heteroatoms. The lowest BCUT2D eigenvalue weighted by molar-refractivity contribution is -0.141. The van der Waals surface area contributed by atoms with Crippen molar-refractivity contribution < 1.29 is 22.4 Å². The number of hydrogen-bond donors (Lipinski definition) is 1. The van der Waals surface area contributed by atoms with Crippen molar-refractivity contribution >= 4 is 11.6 Å². The minimum absolute atomic E-state index is 0.0781. The predicted molar refractivity (Wildman–Crippen MR) is 92.8 cm³/mol. The van der Waals surface area contributed by atoms with Crippen LogP contribution in [0.5, 0.6) is 0 Å². The summed E-state index contributed by atoms with van der Waals surface area (Å²) >= 11 is 0. The number of ketones is 1. The van der Waals surface area contributed by atoms with Crippen molar-refractivity contribution in [1.29, 1.82) is 0 Å². The minimum atomic E-state index is -4.53. The molecular weight excluding hydrogens is 362 g/mol. The summed E-state index contributed by atoms with van der Waals surface area (Å²) in [4.78, 5) is 18.1. The summed E-state index contributed by atoms with van der Waals surface area (Å²) in [6.45, 7) is 0.882. The van der Waals surface area contributed by atoms with E-state index in [-0.39, 0.29) is 24.1 Å². The van der Waals surface area contributed by atoms with Crippen molar-refractivity contribution in [3.05, 3.63) is 59.0 Å². The highest BCUT2D eigenvalue weighted by atomic mass is 19.4. The molecule has 0 radical (unpaired) electrons. The molecule has 0 bridgehead atoms. The van der Waals surface area contributed by atoms with Gasteiger partial charge in [-0.15, -0.1) is 0 Å². The second-order valence-electron chi connectivity index (χ2n) is 6.51. The molecule has 2 aromatic rings. The van der Waals surface area contributed by atoms with E-state index in [1.807, 2.05) is 0 Å². The number of alkyl halides is 3. The van der Waals surface area contributed by atoms with Crippen molar-refractivity contribution in [2.75, 3.05) is 18.0 Å². The molecule has 4 nitrogen and oxygen atoms in total. The molecule has 2 N–H and O–H groups in total. The Hall–Kier alpha value is -2.48. The standard InChI is InChI=1S/C19H19F4N3O/c20-15-4-1-12(2-5-15)17(27)13-7-9-26(10-8-13)18-14(11-24)3-6-16(25-18)19(21,22)23/h1-6,13H,7-11,24H2. The summed E-state index contributed by atoms with van der Waals surface area (Å²) in [6, 6.07) is 7.65. The highest BCUT2D eigenvalue weighted by Gasteiger charge is 2.34. The fourth-order valence-corrected chi connectivity index (χ4v) is 3.27. The maximum atomic E-state index is 13.0. The molecule has 1 aliphatic heterocycles. The molecule has 0 amide bonds. The van der Waals surface area contributed by atoms with Crippen LogP contribution >= 0.6 is 0 Å². The van der Waals surface area contributed by atoms with Gasteiger partial charge in [-0.3, -0.25) is 4.79 Å². The molecule has 2 heterocycles. The lowest BCUT2D eigenvalue weighted by Gasteiger charge is -2.33. The van der Waals surface area contributed by atoms with E-state index in [9.17, 15) is 22.4 Å². The maximum Gasteiger partial charge on any atom is 0.433 e. The summed E-state index contributed by atoms with van der Waals surface area (Å²) in [6.07, 6.45) is -3.56. The number of hydrogen-bond acceptors (Lipinski definition) is 4. The Morgan fingerprint density at radius 1 is 1.11 bits per heavy atom. The van der Waals surface area contributed by atoms with Gasteiger partial charge >= 0.3 is 6.18 Å². The molecule has 1 saturated heterocycles. The smallest absolute Gasteiger partial charge is 0.356 e. The average molecular weight is 381 g/mol. The highest BCUT2D eigenvalue weighted by Crippen LogP contribution is 2.32. The van der Waals surface area contributed by atoms with Crippen molar-refractivity contribution in [2.45, 2.75) is 25.6 Å². The van der Waals surface area contributed by atoms with Gasteiger partial charge in [0, 0.05) is 36.7 Å². The summed E-state index contributed by atoms with van der Waals surface area (Å²) < 4.78 is 51.9. The molecule has 1 aromatic carbocycles. The van der Waals surface area contributed by atoms with Crippen molar-refractivity contribution in [2.24, 2.45) is 11.7 Å². The first-order valence-corrected chi connectivity index (χ1v) is 8.61. The Morgan fingerprint density at radius 3 is 2.30 bits per heavy atom. The molecule has 3 rings (SSSR count). The monoisotopic (exact) mass is 381 g/mol. The van der Waals surface area contributed by atoms with Gasteiger partial charge in [-0.25, -0.2) is 9.37 Å². The van der Waals surface area contributed by atoms with Crippen molar-refractivity contribution in [3.63, 3.8) is 0 Å². The molecule has 1 aromatic heterocycles. The van der Waals surface area contributed by atoms with E-state index in [4.69, 9.17) is 5.73 Å². The van der Waals surface area contributed by atoms with Crippen LogP contribution in [0.1, 0.15) is 34.5 Å².